The Morgan fingerprint density at radius 3 is 2.73 bits per heavy atom. The summed E-state index contributed by atoms with van der Waals surface area (Å²) in [6, 6.07) is 9.21. The Bertz CT molecular complexity index is 719. The number of Topliss-reactive ketones (excluding diaryl/α,β-unsaturated/α-hetero) is 1. The highest BCUT2D eigenvalue weighted by Gasteiger charge is 2.22. The van der Waals surface area contributed by atoms with E-state index in [4.69, 9.17) is 5.21 Å². The molecule has 1 N–H and O–H groups in total. The number of oxime groups is 1. The van der Waals surface area contributed by atoms with Crippen LogP contribution in [0.15, 0.2) is 53.9 Å². The minimum Gasteiger partial charge on any atom is -1.00 e. The van der Waals surface area contributed by atoms with Crippen LogP contribution in [0.4, 0.5) is 5.69 Å². The summed E-state index contributed by atoms with van der Waals surface area (Å²) in [6.07, 6.45) is 4.49. The molecule has 114 valence electrons. The maximum atomic E-state index is 12.2. The molecule has 0 unspecified atom stereocenters. The summed E-state index contributed by atoms with van der Waals surface area (Å²) in [7, 11) is 0. The van der Waals surface area contributed by atoms with Crippen molar-refractivity contribution in [3.8, 4) is 0 Å². The van der Waals surface area contributed by atoms with Crippen molar-refractivity contribution in [3.63, 3.8) is 0 Å². The van der Waals surface area contributed by atoms with Gasteiger partial charge in [-0.3, -0.25) is 14.9 Å². The smallest absolute Gasteiger partial charge is 0.280 e. The van der Waals surface area contributed by atoms with Crippen LogP contribution in [-0.2, 0) is 6.54 Å². The number of para-hydroxylation sites is 1. The highest BCUT2D eigenvalue weighted by molar-refractivity contribution is 5.98. The molecule has 0 aliphatic rings. The van der Waals surface area contributed by atoms with Gasteiger partial charge in [0, 0.05) is 12.1 Å². The molecule has 0 fully saturated rings. The Morgan fingerprint density at radius 1 is 1.32 bits per heavy atom. The Hall–Kier alpha value is -2.61. The first-order valence-electron chi connectivity index (χ1n) is 6.05. The molecule has 0 aliphatic heterocycles. The van der Waals surface area contributed by atoms with E-state index in [1.54, 1.807) is 35.2 Å². The van der Waals surface area contributed by atoms with Crippen molar-refractivity contribution in [1.82, 2.24) is 0 Å². The molecule has 1 aromatic carbocycles. The third kappa shape index (κ3) is 4.19. The van der Waals surface area contributed by atoms with Crippen molar-refractivity contribution in [3.05, 3.63) is 70.0 Å². The van der Waals surface area contributed by atoms with Gasteiger partial charge in [0.2, 0.25) is 12.3 Å². The summed E-state index contributed by atoms with van der Waals surface area (Å²) in [5.74, 6) is -0.370. The number of rotatable bonds is 5. The fourth-order valence-electron chi connectivity index (χ4n) is 1.90. The summed E-state index contributed by atoms with van der Waals surface area (Å²) >= 11 is 0. The van der Waals surface area contributed by atoms with Crippen LogP contribution >= 0.6 is 0 Å². The van der Waals surface area contributed by atoms with Crippen molar-refractivity contribution in [2.45, 2.75) is 6.54 Å². The molecule has 0 saturated heterocycles. The zero-order chi connectivity index (χ0) is 15.2. The first-order chi connectivity index (χ1) is 10.1. The predicted molar refractivity (Wildman–Crippen MR) is 73.4 cm³/mol. The van der Waals surface area contributed by atoms with Crippen LogP contribution in [-0.4, -0.2) is 22.1 Å². The van der Waals surface area contributed by atoms with E-state index in [1.807, 2.05) is 0 Å². The molecule has 0 radical (unpaired) electrons. The Kier molecular flexibility index (Phi) is 6.33. The fourth-order valence-corrected chi connectivity index (χ4v) is 1.90. The van der Waals surface area contributed by atoms with Crippen molar-refractivity contribution in [2.75, 3.05) is 0 Å². The lowest BCUT2D eigenvalue weighted by molar-refractivity contribution is -0.683. The molecule has 7 nitrogen and oxygen atoms in total. The van der Waals surface area contributed by atoms with E-state index in [0.29, 0.717) is 5.56 Å². The molecule has 0 spiro atoms. The lowest BCUT2D eigenvalue weighted by atomic mass is 10.1. The van der Waals surface area contributed by atoms with E-state index < -0.39 is 4.92 Å². The standard InChI is InChI=1S/C14H11N3O4.BrH/c18-14(12-5-1-2-6-13(12)17(20)21)10-16-7-3-4-11(9-16)8-15-19;/h1-9H,10H2;1H. The second kappa shape index (κ2) is 7.99. The van der Waals surface area contributed by atoms with Crippen LogP contribution < -0.4 is 21.5 Å². The Labute approximate surface area is 136 Å². The second-order valence-electron chi connectivity index (χ2n) is 4.25. The third-order valence-electron chi connectivity index (χ3n) is 2.82. The van der Waals surface area contributed by atoms with E-state index in [-0.39, 0.29) is 40.6 Å². The van der Waals surface area contributed by atoms with E-state index in [0.717, 1.165) is 0 Å². The average molecular weight is 366 g/mol. The van der Waals surface area contributed by atoms with Crippen molar-refractivity contribution < 1.29 is 36.5 Å². The van der Waals surface area contributed by atoms with Gasteiger partial charge in [-0.15, -0.1) is 0 Å². The van der Waals surface area contributed by atoms with Gasteiger partial charge < -0.3 is 22.2 Å². The van der Waals surface area contributed by atoms with Gasteiger partial charge in [0.25, 0.3) is 5.69 Å². The lowest BCUT2D eigenvalue weighted by Gasteiger charge is -2.00. The van der Waals surface area contributed by atoms with Gasteiger partial charge >= 0.3 is 0 Å². The SMILES string of the molecule is O=C(C[n+]1cccc(C=NO)c1)c1ccccc1[N+](=O)[O-].[Br-]. The first-order valence-corrected chi connectivity index (χ1v) is 6.05. The summed E-state index contributed by atoms with van der Waals surface area (Å²) in [4.78, 5) is 22.5. The fraction of sp³-hybridized carbons (Fsp3) is 0.0714. The molecule has 2 aromatic rings. The number of benzene rings is 1. The molecule has 0 bridgehead atoms. The zero-order valence-corrected chi connectivity index (χ0v) is 12.9. The van der Waals surface area contributed by atoms with Gasteiger partial charge in [-0.25, -0.2) is 0 Å². The quantitative estimate of drug-likeness (QED) is 0.175. The number of aromatic nitrogens is 1. The summed E-state index contributed by atoms with van der Waals surface area (Å²) in [5.41, 5.74) is 0.461. The number of pyridine rings is 1. The number of nitro benzene ring substituents is 1. The minimum atomic E-state index is -0.577. The van der Waals surface area contributed by atoms with Gasteiger partial charge in [-0.05, 0) is 12.1 Å². The molecule has 2 rings (SSSR count). The minimum absolute atomic E-state index is 0. The van der Waals surface area contributed by atoms with Gasteiger partial charge in [0.15, 0.2) is 12.4 Å². The molecule has 0 amide bonds. The number of hydrogen-bond acceptors (Lipinski definition) is 5. The number of hydrogen-bond donors (Lipinski definition) is 1. The molecule has 8 heteroatoms. The zero-order valence-electron chi connectivity index (χ0n) is 11.3. The number of carbonyl (C=O) groups excluding carboxylic acids is 1. The second-order valence-corrected chi connectivity index (χ2v) is 4.25. The van der Waals surface area contributed by atoms with Crippen molar-refractivity contribution in [2.24, 2.45) is 5.16 Å². The highest BCUT2D eigenvalue weighted by atomic mass is 79.9. The largest absolute Gasteiger partial charge is 1.00 e. The molecule has 22 heavy (non-hydrogen) atoms. The van der Waals surface area contributed by atoms with Crippen LogP contribution in [0.5, 0.6) is 0 Å². The lowest BCUT2D eigenvalue weighted by Crippen LogP contribution is -3.00. The van der Waals surface area contributed by atoms with Gasteiger partial charge in [0.05, 0.1) is 16.7 Å². The van der Waals surface area contributed by atoms with E-state index >= 15 is 0 Å². The molecule has 1 heterocycles. The number of nitro groups is 1. The Balaban J connectivity index is 0.00000242. The van der Waals surface area contributed by atoms with Crippen molar-refractivity contribution in [1.29, 1.82) is 0 Å². The molecular formula is C14H12BrN3O4. The summed E-state index contributed by atoms with van der Waals surface area (Å²) < 4.78 is 1.57. The molecule has 0 saturated carbocycles. The van der Waals surface area contributed by atoms with Crippen LogP contribution in [0.3, 0.4) is 0 Å². The van der Waals surface area contributed by atoms with Gasteiger partial charge in [-0.1, -0.05) is 17.3 Å². The van der Waals surface area contributed by atoms with E-state index in [2.05, 4.69) is 5.16 Å². The number of halogens is 1. The molecule has 1 aromatic heterocycles. The average Bonchev–Trinajstić information content (AvgIpc) is 2.48. The maximum Gasteiger partial charge on any atom is 0.280 e. The number of nitrogens with zero attached hydrogens (tertiary/aromatic N) is 3. The molecule has 0 atom stereocenters. The molecular weight excluding hydrogens is 354 g/mol. The summed E-state index contributed by atoms with van der Waals surface area (Å²) in [5, 5.41) is 22.3. The number of carbonyl (C=O) groups is 1. The van der Waals surface area contributed by atoms with Crippen LogP contribution in [0.25, 0.3) is 0 Å². The predicted octanol–water partition coefficient (Wildman–Crippen LogP) is -1.42. The maximum absolute atomic E-state index is 12.2. The monoisotopic (exact) mass is 365 g/mol. The Morgan fingerprint density at radius 2 is 2.05 bits per heavy atom. The normalized spacial score (nSPS) is 10.2. The highest BCUT2D eigenvalue weighted by Crippen LogP contribution is 2.18. The van der Waals surface area contributed by atoms with E-state index in [9.17, 15) is 14.9 Å². The third-order valence-corrected chi connectivity index (χ3v) is 2.82. The molecule has 0 aliphatic carbocycles. The van der Waals surface area contributed by atoms with E-state index in [1.165, 1.54) is 24.4 Å². The van der Waals surface area contributed by atoms with Crippen LogP contribution in [0, 0.1) is 10.1 Å². The van der Waals surface area contributed by atoms with Crippen LogP contribution in [0.1, 0.15) is 15.9 Å². The van der Waals surface area contributed by atoms with Crippen LogP contribution in [0.2, 0.25) is 0 Å². The van der Waals surface area contributed by atoms with Crippen molar-refractivity contribution >= 4 is 17.7 Å². The van der Waals surface area contributed by atoms with Gasteiger partial charge in [0.1, 0.15) is 5.56 Å². The summed E-state index contributed by atoms with van der Waals surface area (Å²) in [6.45, 7) is -0.0437. The topological polar surface area (TPSA) is 96.7 Å². The van der Waals surface area contributed by atoms with Gasteiger partial charge in [-0.2, -0.15) is 4.57 Å². The number of ketones is 1. The first kappa shape index (κ1) is 17.4.